The number of carbonyl (C=O) groups excluding carboxylic acids is 2. The van der Waals surface area contributed by atoms with E-state index < -0.39 is 0 Å². The molecule has 0 atom stereocenters. The smallest absolute Gasteiger partial charge is 0.257 e. The zero-order valence-corrected chi connectivity index (χ0v) is 14.6. The van der Waals surface area contributed by atoms with Crippen LogP contribution in [0.4, 0.5) is 0 Å². The third-order valence-corrected chi connectivity index (χ3v) is 5.15. The number of morpholine rings is 1. The first-order valence-electron chi connectivity index (χ1n) is 8.90. The minimum absolute atomic E-state index is 0.000920. The number of rotatable bonds is 3. The summed E-state index contributed by atoms with van der Waals surface area (Å²) in [6.07, 6.45) is 4.90. The zero-order chi connectivity index (χ0) is 18.0. The van der Waals surface area contributed by atoms with Gasteiger partial charge in [0.25, 0.3) is 5.91 Å². The number of aromatic nitrogens is 2. The second-order valence-corrected chi connectivity index (χ2v) is 6.95. The number of nitrogens with one attached hydrogen (secondary N) is 1. The highest BCUT2D eigenvalue weighted by atomic mass is 16.5. The summed E-state index contributed by atoms with van der Waals surface area (Å²) in [6, 6.07) is 10.0. The van der Waals surface area contributed by atoms with Crippen LogP contribution in [0.5, 0.6) is 0 Å². The number of likely N-dealkylation sites (tertiary alicyclic amines) is 1. The van der Waals surface area contributed by atoms with E-state index in [0.29, 0.717) is 31.7 Å². The van der Waals surface area contributed by atoms with Gasteiger partial charge in [0.05, 0.1) is 23.9 Å². The molecule has 2 aliphatic heterocycles. The number of benzene rings is 1. The Hall–Kier alpha value is -2.67. The van der Waals surface area contributed by atoms with Crippen molar-refractivity contribution in [3.8, 4) is 0 Å². The fourth-order valence-electron chi connectivity index (χ4n) is 3.53. The van der Waals surface area contributed by atoms with Gasteiger partial charge in [0.1, 0.15) is 6.61 Å². The van der Waals surface area contributed by atoms with Crippen molar-refractivity contribution in [2.75, 3.05) is 26.2 Å². The number of ether oxygens (including phenoxy) is 1. The molecule has 1 N–H and O–H groups in total. The van der Waals surface area contributed by atoms with Gasteiger partial charge in [0, 0.05) is 25.8 Å². The summed E-state index contributed by atoms with van der Waals surface area (Å²) >= 11 is 0. The Morgan fingerprint density at radius 1 is 1.23 bits per heavy atom. The molecule has 2 aliphatic rings. The molecule has 4 rings (SSSR count). The minimum atomic E-state index is -0.317. The maximum Gasteiger partial charge on any atom is 0.257 e. The number of nitrogens with zero attached hydrogens (tertiary/aromatic N) is 3. The number of hydrogen-bond acceptors (Lipinski definition) is 4. The highest BCUT2D eigenvalue weighted by Gasteiger charge is 2.40. The summed E-state index contributed by atoms with van der Waals surface area (Å²) in [4.78, 5) is 25.9. The molecule has 3 heterocycles. The number of hydrogen-bond donors (Lipinski definition) is 1. The van der Waals surface area contributed by atoms with Crippen LogP contribution in [0.15, 0.2) is 42.7 Å². The van der Waals surface area contributed by atoms with Crippen molar-refractivity contribution < 1.29 is 14.3 Å². The lowest BCUT2D eigenvalue weighted by molar-refractivity contribution is -0.149. The lowest BCUT2D eigenvalue weighted by Gasteiger charge is -2.43. The number of carbonyl (C=O) groups is 2. The molecule has 0 saturated carbocycles. The molecule has 2 aromatic rings. The average Bonchev–Trinajstić information content (AvgIpc) is 3.14. The normalized spacial score (nSPS) is 19.4. The van der Waals surface area contributed by atoms with Crippen molar-refractivity contribution in [1.29, 1.82) is 0 Å². The summed E-state index contributed by atoms with van der Waals surface area (Å²) in [5, 5.41) is 7.18. The molecule has 7 heteroatoms. The largest absolute Gasteiger partial charge is 0.363 e. The average molecular weight is 354 g/mol. The molecule has 2 saturated heterocycles. The predicted octanol–water partition coefficient (Wildman–Crippen LogP) is 1.05. The summed E-state index contributed by atoms with van der Waals surface area (Å²) in [5.74, 6) is -0.0704. The van der Waals surface area contributed by atoms with Crippen LogP contribution < -0.4 is 5.32 Å². The quantitative estimate of drug-likeness (QED) is 0.894. The van der Waals surface area contributed by atoms with E-state index in [4.69, 9.17) is 4.74 Å². The van der Waals surface area contributed by atoms with Gasteiger partial charge >= 0.3 is 0 Å². The predicted molar refractivity (Wildman–Crippen MR) is 94.6 cm³/mol. The zero-order valence-electron chi connectivity index (χ0n) is 14.6. The summed E-state index contributed by atoms with van der Waals surface area (Å²) in [5.41, 5.74) is 1.43. The van der Waals surface area contributed by atoms with Crippen molar-refractivity contribution >= 4 is 11.8 Å². The summed E-state index contributed by atoms with van der Waals surface area (Å²) < 4.78 is 7.54. The molecule has 0 radical (unpaired) electrons. The van der Waals surface area contributed by atoms with Gasteiger partial charge in [-0.15, -0.1) is 0 Å². The third-order valence-electron chi connectivity index (χ3n) is 5.15. The molecule has 1 aromatic carbocycles. The van der Waals surface area contributed by atoms with E-state index in [1.807, 2.05) is 35.2 Å². The molecule has 1 spiro atoms. The molecule has 0 bridgehead atoms. The van der Waals surface area contributed by atoms with Crippen molar-refractivity contribution in [3.63, 3.8) is 0 Å². The van der Waals surface area contributed by atoms with Crippen molar-refractivity contribution in [3.05, 3.63) is 53.9 Å². The van der Waals surface area contributed by atoms with Crippen LogP contribution in [0.25, 0.3) is 0 Å². The van der Waals surface area contributed by atoms with Crippen LogP contribution in [0.2, 0.25) is 0 Å². The van der Waals surface area contributed by atoms with Crippen LogP contribution >= 0.6 is 0 Å². The van der Waals surface area contributed by atoms with E-state index in [1.54, 1.807) is 17.1 Å². The monoisotopic (exact) mass is 354 g/mol. The fourth-order valence-corrected chi connectivity index (χ4v) is 3.53. The molecular weight excluding hydrogens is 332 g/mol. The van der Waals surface area contributed by atoms with Crippen LogP contribution in [0, 0.1) is 0 Å². The SMILES string of the molecule is O=C1COC2(CCN(C(=O)c3cnn(Cc4ccccc4)c3)CC2)CN1. The van der Waals surface area contributed by atoms with Gasteiger partial charge < -0.3 is 15.0 Å². The van der Waals surface area contributed by atoms with Gasteiger partial charge in [-0.1, -0.05) is 30.3 Å². The third kappa shape index (κ3) is 3.48. The number of piperidine rings is 1. The van der Waals surface area contributed by atoms with Crippen molar-refractivity contribution in [2.24, 2.45) is 0 Å². The van der Waals surface area contributed by atoms with E-state index in [1.165, 1.54) is 0 Å². The molecule has 0 unspecified atom stereocenters. The minimum Gasteiger partial charge on any atom is -0.363 e. The summed E-state index contributed by atoms with van der Waals surface area (Å²) in [6.45, 7) is 2.53. The lowest BCUT2D eigenvalue weighted by atomic mass is 9.90. The Balaban J connectivity index is 1.36. The maximum absolute atomic E-state index is 12.8. The second-order valence-electron chi connectivity index (χ2n) is 6.95. The van der Waals surface area contributed by atoms with Gasteiger partial charge in [-0.05, 0) is 18.4 Å². The van der Waals surface area contributed by atoms with Gasteiger partial charge in [-0.3, -0.25) is 14.3 Å². The Labute approximate surface area is 151 Å². The molecular formula is C19H22N4O3. The first-order valence-corrected chi connectivity index (χ1v) is 8.90. The first kappa shape index (κ1) is 16.8. The Kier molecular flexibility index (Phi) is 4.46. The lowest BCUT2D eigenvalue weighted by Crippen LogP contribution is -2.57. The van der Waals surface area contributed by atoms with Crippen LogP contribution in [0.3, 0.4) is 0 Å². The van der Waals surface area contributed by atoms with Crippen LogP contribution in [-0.4, -0.2) is 58.3 Å². The topological polar surface area (TPSA) is 76.5 Å². The fraction of sp³-hybridized carbons (Fsp3) is 0.421. The highest BCUT2D eigenvalue weighted by Crippen LogP contribution is 2.28. The molecule has 2 amide bonds. The molecule has 136 valence electrons. The van der Waals surface area contributed by atoms with E-state index in [-0.39, 0.29) is 24.0 Å². The van der Waals surface area contributed by atoms with Crippen LogP contribution in [0.1, 0.15) is 28.8 Å². The van der Waals surface area contributed by atoms with Gasteiger partial charge in [-0.2, -0.15) is 5.10 Å². The maximum atomic E-state index is 12.8. The Morgan fingerprint density at radius 2 is 2.00 bits per heavy atom. The standard InChI is InChI=1S/C19H22N4O3/c24-17-13-26-19(14-20-17)6-8-22(9-7-19)18(25)16-10-21-23(12-16)11-15-4-2-1-3-5-15/h1-5,10,12H,6-9,11,13-14H2,(H,20,24). The molecule has 26 heavy (non-hydrogen) atoms. The van der Waals surface area contributed by atoms with E-state index in [2.05, 4.69) is 10.4 Å². The van der Waals surface area contributed by atoms with Gasteiger partial charge in [0.15, 0.2) is 0 Å². The van der Waals surface area contributed by atoms with Crippen molar-refractivity contribution in [2.45, 2.75) is 25.0 Å². The van der Waals surface area contributed by atoms with E-state index in [9.17, 15) is 9.59 Å². The molecule has 0 aliphatic carbocycles. The van der Waals surface area contributed by atoms with E-state index in [0.717, 1.165) is 18.4 Å². The molecule has 7 nitrogen and oxygen atoms in total. The van der Waals surface area contributed by atoms with Crippen LogP contribution in [-0.2, 0) is 16.1 Å². The van der Waals surface area contributed by atoms with E-state index >= 15 is 0 Å². The second kappa shape index (κ2) is 6.92. The van der Waals surface area contributed by atoms with Crippen molar-refractivity contribution in [1.82, 2.24) is 20.0 Å². The van der Waals surface area contributed by atoms with Gasteiger partial charge in [0.2, 0.25) is 5.91 Å². The summed E-state index contributed by atoms with van der Waals surface area (Å²) in [7, 11) is 0. The highest BCUT2D eigenvalue weighted by molar-refractivity contribution is 5.93. The van der Waals surface area contributed by atoms with Gasteiger partial charge in [-0.25, -0.2) is 0 Å². The number of amides is 2. The molecule has 2 fully saturated rings. The molecule has 1 aromatic heterocycles. The Morgan fingerprint density at radius 3 is 2.69 bits per heavy atom. The first-order chi connectivity index (χ1) is 12.6. The Bertz CT molecular complexity index is 782.